The fourth-order valence-electron chi connectivity index (χ4n) is 4.17. The molecule has 2 heterocycles. The average molecular weight is 471 g/mol. The van der Waals surface area contributed by atoms with E-state index in [-0.39, 0.29) is 5.91 Å². The van der Waals surface area contributed by atoms with Crippen molar-refractivity contribution in [2.24, 2.45) is 0 Å². The number of rotatable bonds is 9. The van der Waals surface area contributed by atoms with Gasteiger partial charge >= 0.3 is 0 Å². The summed E-state index contributed by atoms with van der Waals surface area (Å²) in [6, 6.07) is 12.5. The quantitative estimate of drug-likeness (QED) is 0.403. The van der Waals surface area contributed by atoms with Crippen molar-refractivity contribution < 1.29 is 9.53 Å². The zero-order chi connectivity index (χ0) is 22.3. The summed E-state index contributed by atoms with van der Waals surface area (Å²) in [6.45, 7) is 0.551. The first-order chi connectivity index (χ1) is 15.6. The number of hydrogen-bond acceptors (Lipinski definition) is 6. The van der Waals surface area contributed by atoms with Gasteiger partial charge in [-0.2, -0.15) is 0 Å². The Balaban J connectivity index is 1.43. The van der Waals surface area contributed by atoms with Gasteiger partial charge in [0.05, 0.1) is 12.9 Å². The second kappa shape index (κ2) is 11.0. The number of aromatic nitrogens is 3. The van der Waals surface area contributed by atoms with E-state index in [1.54, 1.807) is 23.3 Å². The van der Waals surface area contributed by atoms with Gasteiger partial charge in [-0.25, -0.2) is 0 Å². The zero-order valence-corrected chi connectivity index (χ0v) is 20.3. The van der Waals surface area contributed by atoms with Crippen LogP contribution < -0.4 is 4.74 Å². The Morgan fingerprint density at radius 2 is 2.06 bits per heavy atom. The van der Waals surface area contributed by atoms with Gasteiger partial charge in [0.15, 0.2) is 5.16 Å². The van der Waals surface area contributed by atoms with Crippen LogP contribution in [-0.2, 0) is 17.8 Å². The maximum absolute atomic E-state index is 12.8. The molecule has 0 spiro atoms. The van der Waals surface area contributed by atoms with Crippen LogP contribution in [0.2, 0.25) is 0 Å². The topological polar surface area (TPSA) is 60.2 Å². The second-order valence-corrected chi connectivity index (χ2v) is 10.2. The Kier molecular flexibility index (Phi) is 7.86. The van der Waals surface area contributed by atoms with Crippen molar-refractivity contribution in [3.05, 3.63) is 58.0 Å². The van der Waals surface area contributed by atoms with Gasteiger partial charge in [-0.1, -0.05) is 49.2 Å². The van der Waals surface area contributed by atoms with E-state index in [1.165, 1.54) is 35.9 Å². The summed E-state index contributed by atoms with van der Waals surface area (Å²) in [5.41, 5.74) is 1.05. The molecular formula is C24H30N4O2S2. The number of nitrogens with zero attached hydrogens (tertiary/aromatic N) is 4. The van der Waals surface area contributed by atoms with Crippen LogP contribution in [0.5, 0.6) is 5.75 Å². The summed E-state index contributed by atoms with van der Waals surface area (Å²) in [4.78, 5) is 15.9. The summed E-state index contributed by atoms with van der Waals surface area (Å²) in [5, 5.41) is 12.0. The van der Waals surface area contributed by atoms with E-state index in [9.17, 15) is 4.79 Å². The first-order valence-corrected chi connectivity index (χ1v) is 13.0. The molecule has 3 aromatic rings. The van der Waals surface area contributed by atoms with Gasteiger partial charge in [0.25, 0.3) is 0 Å². The third-order valence-electron chi connectivity index (χ3n) is 5.89. The highest BCUT2D eigenvalue weighted by Crippen LogP contribution is 2.33. The number of thiophene rings is 1. The van der Waals surface area contributed by atoms with Crippen LogP contribution in [0.1, 0.15) is 54.4 Å². The number of hydrogen-bond donors (Lipinski definition) is 0. The highest BCUT2D eigenvalue weighted by atomic mass is 32.2. The molecule has 1 fully saturated rings. The lowest BCUT2D eigenvalue weighted by Crippen LogP contribution is -2.28. The van der Waals surface area contributed by atoms with E-state index in [4.69, 9.17) is 4.74 Å². The maximum atomic E-state index is 12.8. The SMILES string of the molecule is COc1cccc(CN(C)C(=O)CSc2nnc(Cc3cccs3)n2C2CCCCC2)c1. The van der Waals surface area contributed by atoms with Crippen molar-refractivity contribution in [2.45, 2.75) is 56.3 Å². The predicted octanol–water partition coefficient (Wildman–Crippen LogP) is 5.19. The van der Waals surface area contributed by atoms with Crippen LogP contribution >= 0.6 is 23.1 Å². The summed E-state index contributed by atoms with van der Waals surface area (Å²) < 4.78 is 7.61. The molecule has 1 aliphatic rings. The summed E-state index contributed by atoms with van der Waals surface area (Å²) in [5.74, 6) is 2.25. The minimum atomic E-state index is 0.0795. The molecule has 2 aromatic heterocycles. The zero-order valence-electron chi connectivity index (χ0n) is 18.7. The van der Waals surface area contributed by atoms with E-state index >= 15 is 0 Å². The van der Waals surface area contributed by atoms with Crippen molar-refractivity contribution in [2.75, 3.05) is 19.9 Å². The van der Waals surface area contributed by atoms with E-state index in [1.807, 2.05) is 31.3 Å². The second-order valence-electron chi connectivity index (χ2n) is 8.21. The van der Waals surface area contributed by atoms with E-state index in [2.05, 4.69) is 32.3 Å². The first kappa shape index (κ1) is 22.9. The molecule has 0 bridgehead atoms. The number of carbonyl (C=O) groups is 1. The smallest absolute Gasteiger partial charge is 0.233 e. The van der Waals surface area contributed by atoms with Gasteiger partial charge in [0, 0.05) is 30.9 Å². The monoisotopic (exact) mass is 470 g/mol. The standard InChI is InChI=1S/C24H30N4O2S2/c1-27(16-18-8-6-11-20(14-18)30-2)23(29)17-32-24-26-25-22(15-21-12-7-13-31-21)28(24)19-9-4-3-5-10-19/h6-8,11-14,19H,3-5,9-10,15-17H2,1-2H3. The number of amides is 1. The number of methoxy groups -OCH3 is 1. The minimum absolute atomic E-state index is 0.0795. The Bertz CT molecular complexity index is 1010. The molecule has 1 amide bonds. The Hall–Kier alpha value is -2.32. The van der Waals surface area contributed by atoms with Crippen LogP contribution in [0.3, 0.4) is 0 Å². The van der Waals surface area contributed by atoms with Crippen LogP contribution in [0.25, 0.3) is 0 Å². The largest absolute Gasteiger partial charge is 0.497 e. The third kappa shape index (κ3) is 5.72. The maximum Gasteiger partial charge on any atom is 0.233 e. The molecule has 0 saturated heterocycles. The molecule has 1 aliphatic carbocycles. The molecule has 0 aliphatic heterocycles. The van der Waals surface area contributed by atoms with Crippen molar-refractivity contribution in [3.63, 3.8) is 0 Å². The van der Waals surface area contributed by atoms with Crippen LogP contribution in [0, 0.1) is 0 Å². The molecule has 6 nitrogen and oxygen atoms in total. The van der Waals surface area contributed by atoms with Gasteiger partial charge in [0.2, 0.25) is 5.91 Å². The molecule has 0 N–H and O–H groups in total. The lowest BCUT2D eigenvalue weighted by molar-refractivity contribution is -0.127. The first-order valence-electron chi connectivity index (χ1n) is 11.1. The molecule has 0 atom stereocenters. The molecule has 0 radical (unpaired) electrons. The summed E-state index contributed by atoms with van der Waals surface area (Å²) >= 11 is 3.26. The van der Waals surface area contributed by atoms with Gasteiger partial charge in [-0.3, -0.25) is 4.79 Å². The summed E-state index contributed by atoms with van der Waals surface area (Å²) in [6.07, 6.45) is 6.90. The van der Waals surface area contributed by atoms with Gasteiger partial charge in [0.1, 0.15) is 11.6 Å². The molecule has 0 unspecified atom stereocenters. The fourth-order valence-corrected chi connectivity index (χ4v) is 5.84. The minimum Gasteiger partial charge on any atom is -0.497 e. The lowest BCUT2D eigenvalue weighted by Gasteiger charge is -2.25. The normalized spacial score (nSPS) is 14.4. The van der Waals surface area contributed by atoms with Crippen LogP contribution in [0.4, 0.5) is 0 Å². The van der Waals surface area contributed by atoms with Crippen molar-refractivity contribution in [3.8, 4) is 5.75 Å². The van der Waals surface area contributed by atoms with Crippen molar-refractivity contribution >= 4 is 29.0 Å². The summed E-state index contributed by atoms with van der Waals surface area (Å²) in [7, 11) is 3.50. The van der Waals surface area contributed by atoms with Crippen molar-refractivity contribution in [1.29, 1.82) is 0 Å². The van der Waals surface area contributed by atoms with Gasteiger partial charge < -0.3 is 14.2 Å². The Labute approximate surface area is 198 Å². The number of ether oxygens (including phenoxy) is 1. The van der Waals surface area contributed by atoms with Gasteiger partial charge in [-0.15, -0.1) is 21.5 Å². The van der Waals surface area contributed by atoms with Gasteiger partial charge in [-0.05, 0) is 42.0 Å². The Morgan fingerprint density at radius 1 is 1.22 bits per heavy atom. The fraction of sp³-hybridized carbons (Fsp3) is 0.458. The van der Waals surface area contributed by atoms with Crippen LogP contribution in [0.15, 0.2) is 46.9 Å². The van der Waals surface area contributed by atoms with E-state index in [0.29, 0.717) is 18.3 Å². The highest BCUT2D eigenvalue weighted by molar-refractivity contribution is 7.99. The van der Waals surface area contributed by atoms with Crippen LogP contribution in [-0.4, -0.2) is 45.5 Å². The molecule has 170 valence electrons. The van der Waals surface area contributed by atoms with E-state index < -0.39 is 0 Å². The average Bonchev–Trinajstić information content (AvgIpc) is 3.48. The molecule has 1 saturated carbocycles. The number of carbonyl (C=O) groups excluding carboxylic acids is 1. The molecule has 8 heteroatoms. The third-order valence-corrected chi connectivity index (χ3v) is 7.70. The molecular weight excluding hydrogens is 440 g/mol. The molecule has 4 rings (SSSR count). The molecule has 32 heavy (non-hydrogen) atoms. The van der Waals surface area contributed by atoms with E-state index in [0.717, 1.165) is 41.6 Å². The molecule has 1 aromatic carbocycles. The lowest BCUT2D eigenvalue weighted by atomic mass is 9.95. The highest BCUT2D eigenvalue weighted by Gasteiger charge is 2.24. The predicted molar refractivity (Wildman–Crippen MR) is 129 cm³/mol. The van der Waals surface area contributed by atoms with Crippen molar-refractivity contribution in [1.82, 2.24) is 19.7 Å². The number of benzene rings is 1. The number of thioether (sulfide) groups is 1. The Morgan fingerprint density at radius 3 is 2.81 bits per heavy atom.